The highest BCUT2D eigenvalue weighted by molar-refractivity contribution is 7.99. The number of aromatic hydroxyl groups is 1. The Hall–Kier alpha value is -5.23. The average Bonchev–Trinajstić information content (AvgIpc) is 3.48. The first kappa shape index (κ1) is 30.8. The molecule has 0 saturated carbocycles. The largest absolute Gasteiger partial charge is 0.510 e. The van der Waals surface area contributed by atoms with Crippen molar-refractivity contribution in [2.45, 2.75) is 25.7 Å². The third-order valence-corrected chi connectivity index (χ3v) is 9.67. The van der Waals surface area contributed by atoms with Crippen LogP contribution < -0.4 is 42.4 Å². The number of Topliss-reactive ketones (excluding diaryl/α,β-unsaturated/α-hetero) is 1. The molecule has 46 heavy (non-hydrogen) atoms. The number of H-pyrrole nitrogens is 1. The van der Waals surface area contributed by atoms with Gasteiger partial charge in [0.05, 0.1) is 39.1 Å². The lowest BCUT2D eigenvalue weighted by molar-refractivity contribution is -0.121. The maximum atomic E-state index is 13.9. The fourth-order valence-electron chi connectivity index (χ4n) is 6.88. The molecule has 0 radical (unpaired) electrons. The van der Waals surface area contributed by atoms with E-state index in [2.05, 4.69) is 4.98 Å². The fraction of sp³-hybridized carbons (Fsp3) is 0.235. The lowest BCUT2D eigenvalue weighted by atomic mass is 9.70. The van der Waals surface area contributed by atoms with E-state index >= 15 is 0 Å². The number of hydrogen-bond donors (Lipinski definition) is 4. The molecule has 0 bridgehead atoms. The number of aromatic amines is 1. The maximum Gasteiger partial charge on any atom is 0.260 e. The number of aliphatic hydroxyl groups excluding tert-OH is 2. The molecule has 4 aliphatic rings. The quantitative estimate of drug-likeness (QED) is 0.208. The number of aromatic nitrogens is 1. The summed E-state index contributed by atoms with van der Waals surface area (Å²) in [4.78, 5) is 83.7. The van der Waals surface area contributed by atoms with Gasteiger partial charge in [0.25, 0.3) is 5.56 Å². The van der Waals surface area contributed by atoms with Crippen LogP contribution >= 0.6 is 11.8 Å². The summed E-state index contributed by atoms with van der Waals surface area (Å²) in [7, 11) is 1.10. The van der Waals surface area contributed by atoms with E-state index in [1.165, 1.54) is 11.8 Å². The van der Waals surface area contributed by atoms with Crippen molar-refractivity contribution in [1.82, 2.24) is 4.98 Å². The number of fused-ring (bicyclic) bond motifs is 4. The monoisotopic (exact) mass is 641 g/mol. The van der Waals surface area contributed by atoms with Crippen LogP contribution in [0.5, 0.6) is 11.5 Å². The molecule has 0 fully saturated rings. The second-order valence-electron chi connectivity index (χ2n) is 11.1. The number of nitrogens with one attached hydrogen (secondary N) is 1. The highest BCUT2D eigenvalue weighted by atomic mass is 32.2. The molecular weight excluding hydrogens is 614 g/mol. The van der Waals surface area contributed by atoms with Crippen LogP contribution in [0, 0.1) is 16.4 Å². The van der Waals surface area contributed by atoms with Crippen molar-refractivity contribution < 1.29 is 24.9 Å². The number of allylic oxidation sites excluding steroid dienone is 3. The summed E-state index contributed by atoms with van der Waals surface area (Å²) in [5.41, 5.74) is -7.08. The van der Waals surface area contributed by atoms with Gasteiger partial charge < -0.3 is 25.0 Å². The molecule has 12 heteroatoms. The van der Waals surface area contributed by atoms with Gasteiger partial charge in [-0.2, -0.15) is 11.8 Å². The predicted octanol–water partition coefficient (Wildman–Crippen LogP) is 0.651. The summed E-state index contributed by atoms with van der Waals surface area (Å²) in [5, 5.41) is 32.7. The van der Waals surface area contributed by atoms with Gasteiger partial charge in [-0.25, -0.2) is 0 Å². The molecule has 4 aliphatic carbocycles. The van der Waals surface area contributed by atoms with E-state index in [0.717, 1.165) is 13.2 Å². The highest BCUT2D eigenvalue weighted by Crippen LogP contribution is 2.57. The van der Waals surface area contributed by atoms with Crippen LogP contribution in [0.4, 0.5) is 0 Å². The zero-order valence-corrected chi connectivity index (χ0v) is 25.7. The Kier molecular flexibility index (Phi) is 7.35. The third kappa shape index (κ3) is 3.99. The zero-order valence-electron chi connectivity index (χ0n) is 24.8. The topological polar surface area (TPSA) is 188 Å². The van der Waals surface area contributed by atoms with Crippen LogP contribution in [0.15, 0.2) is 60.4 Å². The van der Waals surface area contributed by atoms with Crippen LogP contribution in [0.2, 0.25) is 0 Å². The standard InChI is InChI=1S/C34H27NO10S/c1-4-6-7-8-16-10-14-9-15-11-17(19(37)13-46-5-2)34(26(15)30(41)21(14)33(44)35-16)31(42)24-25(32(34)43)29(40)23-22(28(24)39)18(36)12-20(45-3)27(23)38/h4,6-10,12,17,41-43H,5,11,13H2,1-3H3,(H,35,44)/t17?,34-/m0/s1. The van der Waals surface area contributed by atoms with Crippen molar-refractivity contribution >= 4 is 45.9 Å². The summed E-state index contributed by atoms with van der Waals surface area (Å²) >= 11 is 1.27. The van der Waals surface area contributed by atoms with E-state index in [4.69, 9.17) is 4.74 Å². The number of phenolic OH excluding ortho intramolecular Hbond substituents is 1. The molecule has 2 aromatic rings. The molecule has 234 valence electrons. The second-order valence-corrected chi connectivity index (χ2v) is 12.4. The summed E-state index contributed by atoms with van der Waals surface area (Å²) in [6.07, 6.45) is 6.76. The van der Waals surface area contributed by atoms with Gasteiger partial charge in [-0.1, -0.05) is 31.2 Å². The van der Waals surface area contributed by atoms with Crippen LogP contribution in [0.25, 0.3) is 28.4 Å². The number of methoxy groups -OCH3 is 1. The molecule has 1 heterocycles. The summed E-state index contributed by atoms with van der Waals surface area (Å²) in [6, 6.07) is 3.93. The molecule has 2 atom stereocenters. The number of aliphatic hydroxyl groups is 2. The maximum absolute atomic E-state index is 13.9. The van der Waals surface area contributed by atoms with Crippen LogP contribution in [0.1, 0.15) is 30.7 Å². The normalized spacial score (nSPS) is 18.9. The van der Waals surface area contributed by atoms with E-state index in [1.807, 2.05) is 13.8 Å². The minimum atomic E-state index is -2.36. The van der Waals surface area contributed by atoms with Crippen molar-refractivity contribution in [1.29, 1.82) is 0 Å². The van der Waals surface area contributed by atoms with Gasteiger partial charge in [0.2, 0.25) is 16.3 Å². The van der Waals surface area contributed by atoms with Gasteiger partial charge in [-0.15, -0.1) is 0 Å². The first-order valence-electron chi connectivity index (χ1n) is 14.3. The predicted molar refractivity (Wildman–Crippen MR) is 174 cm³/mol. The smallest absolute Gasteiger partial charge is 0.260 e. The summed E-state index contributed by atoms with van der Waals surface area (Å²) < 4.78 is 4.93. The van der Waals surface area contributed by atoms with Crippen molar-refractivity contribution in [2.24, 2.45) is 5.92 Å². The zero-order chi connectivity index (χ0) is 33.2. The molecular formula is C34H27NO10S. The number of ether oxygens (including phenoxy) is 1. The summed E-state index contributed by atoms with van der Waals surface area (Å²) in [6.45, 7) is 3.66. The Morgan fingerprint density at radius 1 is 0.978 bits per heavy atom. The lowest BCUT2D eigenvalue weighted by Gasteiger charge is -2.32. The van der Waals surface area contributed by atoms with E-state index in [0.29, 0.717) is 16.8 Å². The number of ketones is 1. The van der Waals surface area contributed by atoms with Crippen molar-refractivity contribution in [3.63, 3.8) is 0 Å². The molecule has 0 amide bonds. The molecule has 1 aromatic heterocycles. The first-order chi connectivity index (χ1) is 21.9. The number of carbonyl (C=O) groups excluding carboxylic acids is 1. The highest BCUT2D eigenvalue weighted by Gasteiger charge is 2.60. The van der Waals surface area contributed by atoms with Gasteiger partial charge in [-0.05, 0) is 42.2 Å². The first-order valence-corrected chi connectivity index (χ1v) is 15.5. The number of rotatable bonds is 7. The Morgan fingerprint density at radius 3 is 2.28 bits per heavy atom. The van der Waals surface area contributed by atoms with E-state index in [9.17, 15) is 44.1 Å². The van der Waals surface area contributed by atoms with Crippen LogP contribution in [-0.4, -0.2) is 44.7 Å². The van der Waals surface area contributed by atoms with Crippen LogP contribution in [-0.2, 0) is 16.6 Å². The number of hydrogen-bond acceptors (Lipinski definition) is 11. The number of carbonyl (C=O) groups is 1. The lowest BCUT2D eigenvalue weighted by Crippen LogP contribution is -2.51. The van der Waals surface area contributed by atoms with Gasteiger partial charge in [0.15, 0.2) is 11.2 Å². The molecule has 1 spiro atoms. The molecule has 4 N–H and O–H groups in total. The SMILES string of the molecule is CC=CC=Cc1cc2cc3c(c(O)c2c(=O)[nH]1)[C@]1(C(O)=c2c(=O)c4c(=O)cc(OC)c(=O)c=4c(=O)c2=C1O)C(C(=O)CSCC)C3. The van der Waals surface area contributed by atoms with Crippen molar-refractivity contribution in [3.8, 4) is 11.5 Å². The average molecular weight is 642 g/mol. The second kappa shape index (κ2) is 11.0. The number of thioether (sulfide) groups is 1. The van der Waals surface area contributed by atoms with E-state index in [1.54, 1.807) is 36.4 Å². The van der Waals surface area contributed by atoms with Gasteiger partial charge >= 0.3 is 0 Å². The van der Waals surface area contributed by atoms with Crippen LogP contribution in [0.3, 0.4) is 0 Å². The number of benzene rings is 1. The minimum absolute atomic E-state index is 0.0718. The molecule has 0 aliphatic heterocycles. The van der Waals surface area contributed by atoms with Crippen molar-refractivity contribution in [2.75, 3.05) is 18.6 Å². The summed E-state index contributed by atoms with van der Waals surface area (Å²) in [5.74, 6) is -4.34. The third-order valence-electron chi connectivity index (χ3n) is 8.77. The van der Waals surface area contributed by atoms with Gasteiger partial charge in [-0.3, -0.25) is 28.8 Å². The Morgan fingerprint density at radius 2 is 1.65 bits per heavy atom. The van der Waals surface area contributed by atoms with Gasteiger partial charge in [0.1, 0.15) is 28.5 Å². The minimum Gasteiger partial charge on any atom is -0.510 e. The van der Waals surface area contributed by atoms with Crippen molar-refractivity contribution in [3.05, 3.63) is 125 Å². The Bertz CT molecular complexity index is 2560. The number of phenols is 1. The Balaban J connectivity index is 1.80. The molecule has 11 nitrogen and oxygen atoms in total. The Labute approximate surface area is 262 Å². The molecule has 1 aromatic carbocycles. The molecule has 6 rings (SSSR count). The number of pyridine rings is 1. The molecule has 1 unspecified atom stereocenters. The fourth-order valence-corrected chi connectivity index (χ4v) is 7.48. The van der Waals surface area contributed by atoms with E-state index in [-0.39, 0.29) is 28.7 Å². The molecule has 0 saturated heterocycles. The van der Waals surface area contributed by atoms with Gasteiger partial charge in [0, 0.05) is 23.2 Å². The van der Waals surface area contributed by atoms with E-state index < -0.39 is 88.3 Å².